The van der Waals surface area contributed by atoms with Gasteiger partial charge in [0.1, 0.15) is 0 Å². The number of hydrogen-bond donors (Lipinski definition) is 1. The molecule has 132 valence electrons. The van der Waals surface area contributed by atoms with Crippen molar-refractivity contribution in [2.75, 3.05) is 53.0 Å². The highest BCUT2D eigenvalue weighted by Gasteiger charge is 2.17. The highest BCUT2D eigenvalue weighted by atomic mass is 16.5. The first-order chi connectivity index (χ1) is 11.7. The molecule has 7 nitrogen and oxygen atoms in total. The predicted molar refractivity (Wildman–Crippen MR) is 89.8 cm³/mol. The fourth-order valence-corrected chi connectivity index (χ4v) is 2.84. The van der Waals surface area contributed by atoms with Gasteiger partial charge in [-0.15, -0.1) is 0 Å². The first kappa shape index (κ1) is 17.1. The number of rotatable bonds is 5. The zero-order valence-electron chi connectivity index (χ0n) is 14.2. The number of aromatic nitrogens is 1. The van der Waals surface area contributed by atoms with Gasteiger partial charge in [0.2, 0.25) is 5.88 Å². The summed E-state index contributed by atoms with van der Waals surface area (Å²) >= 11 is 0. The summed E-state index contributed by atoms with van der Waals surface area (Å²) in [4.78, 5) is 18.7. The molecule has 0 aliphatic carbocycles. The average molecular weight is 334 g/mol. The molecular weight excluding hydrogens is 308 g/mol. The van der Waals surface area contributed by atoms with E-state index in [2.05, 4.69) is 22.4 Å². The van der Waals surface area contributed by atoms with Gasteiger partial charge in [0.15, 0.2) is 0 Å². The van der Waals surface area contributed by atoms with E-state index in [1.165, 1.54) is 0 Å². The Morgan fingerprint density at radius 2 is 2.04 bits per heavy atom. The number of carbonyl (C=O) groups is 1. The van der Waals surface area contributed by atoms with Crippen molar-refractivity contribution < 1.29 is 14.3 Å². The van der Waals surface area contributed by atoms with Crippen LogP contribution < -0.4 is 10.2 Å². The molecule has 24 heavy (non-hydrogen) atoms. The second kappa shape index (κ2) is 8.41. The molecule has 7 heteroatoms. The Balaban J connectivity index is 1.45. The molecule has 2 saturated heterocycles. The Bertz CT molecular complexity index is 523. The van der Waals surface area contributed by atoms with Crippen molar-refractivity contribution in [2.24, 2.45) is 5.92 Å². The summed E-state index contributed by atoms with van der Waals surface area (Å²) in [5, 5.41) is 1.96. The monoisotopic (exact) mass is 334 g/mol. The van der Waals surface area contributed by atoms with E-state index in [9.17, 15) is 4.79 Å². The fourth-order valence-electron chi connectivity index (χ4n) is 2.84. The average Bonchev–Trinajstić information content (AvgIpc) is 2.63. The Morgan fingerprint density at radius 3 is 2.71 bits per heavy atom. The van der Waals surface area contributed by atoms with Crippen LogP contribution in [0.15, 0.2) is 18.3 Å². The molecule has 2 aliphatic rings. The van der Waals surface area contributed by atoms with Crippen molar-refractivity contribution in [3.63, 3.8) is 0 Å². The van der Waals surface area contributed by atoms with Crippen LogP contribution in [0.5, 0.6) is 5.88 Å². The third kappa shape index (κ3) is 4.90. The maximum absolute atomic E-state index is 12.2. The van der Waals surface area contributed by atoms with Crippen LogP contribution in [0.2, 0.25) is 0 Å². The molecule has 0 unspecified atom stereocenters. The minimum absolute atomic E-state index is 0.122. The van der Waals surface area contributed by atoms with E-state index < -0.39 is 0 Å². The molecule has 3 heterocycles. The molecule has 2 fully saturated rings. The number of carbonyl (C=O) groups excluding carboxylic acids is 1. The SMILES string of the molecule is CN1CCN(NC(=O)c2ccc(OCC3CCOCC3)nc2)CC1. The summed E-state index contributed by atoms with van der Waals surface area (Å²) in [7, 11) is 2.09. The summed E-state index contributed by atoms with van der Waals surface area (Å²) in [5.41, 5.74) is 3.48. The van der Waals surface area contributed by atoms with Gasteiger partial charge in [-0.25, -0.2) is 9.99 Å². The molecule has 0 atom stereocenters. The second-order valence-electron chi connectivity index (χ2n) is 6.48. The van der Waals surface area contributed by atoms with Crippen LogP contribution in [0.25, 0.3) is 0 Å². The van der Waals surface area contributed by atoms with E-state index in [0.29, 0.717) is 24.0 Å². The normalized spacial score (nSPS) is 20.7. The Kier molecular flexibility index (Phi) is 6.01. The largest absolute Gasteiger partial charge is 0.477 e. The maximum Gasteiger partial charge on any atom is 0.267 e. The highest BCUT2D eigenvalue weighted by molar-refractivity contribution is 5.93. The van der Waals surface area contributed by atoms with Crippen molar-refractivity contribution in [1.82, 2.24) is 20.3 Å². The van der Waals surface area contributed by atoms with E-state index >= 15 is 0 Å². The van der Waals surface area contributed by atoms with Crippen LogP contribution in [-0.4, -0.2) is 73.8 Å². The van der Waals surface area contributed by atoms with Crippen molar-refractivity contribution in [2.45, 2.75) is 12.8 Å². The summed E-state index contributed by atoms with van der Waals surface area (Å²) in [5.74, 6) is 0.974. The van der Waals surface area contributed by atoms with E-state index in [1.807, 2.05) is 5.01 Å². The van der Waals surface area contributed by atoms with Gasteiger partial charge in [0, 0.05) is 51.7 Å². The minimum atomic E-state index is -0.122. The maximum atomic E-state index is 12.2. The minimum Gasteiger partial charge on any atom is -0.477 e. The number of pyridine rings is 1. The summed E-state index contributed by atoms with van der Waals surface area (Å²) in [6.45, 7) is 5.86. The molecule has 0 radical (unpaired) electrons. The second-order valence-corrected chi connectivity index (χ2v) is 6.48. The lowest BCUT2D eigenvalue weighted by molar-refractivity contribution is 0.0490. The number of ether oxygens (including phenoxy) is 2. The third-order valence-corrected chi connectivity index (χ3v) is 4.57. The lowest BCUT2D eigenvalue weighted by Crippen LogP contribution is -2.52. The standard InChI is InChI=1S/C17H26N4O3/c1-20-6-8-21(9-7-20)19-17(22)15-2-3-16(18-12-15)24-13-14-4-10-23-11-5-14/h2-3,12,14H,4-11,13H2,1H3,(H,19,22). The zero-order chi connectivity index (χ0) is 16.8. The lowest BCUT2D eigenvalue weighted by atomic mass is 10.0. The molecule has 0 aromatic carbocycles. The van der Waals surface area contributed by atoms with Crippen LogP contribution in [0.4, 0.5) is 0 Å². The Morgan fingerprint density at radius 1 is 1.29 bits per heavy atom. The van der Waals surface area contributed by atoms with Crippen LogP contribution >= 0.6 is 0 Å². The lowest BCUT2D eigenvalue weighted by Gasteiger charge is -2.32. The first-order valence-electron chi connectivity index (χ1n) is 8.62. The molecule has 3 rings (SSSR count). The van der Waals surface area contributed by atoms with Gasteiger partial charge < -0.3 is 14.4 Å². The van der Waals surface area contributed by atoms with Gasteiger partial charge in [0.05, 0.1) is 12.2 Å². The number of hydrazine groups is 1. The van der Waals surface area contributed by atoms with E-state index in [-0.39, 0.29) is 5.91 Å². The van der Waals surface area contributed by atoms with Crippen molar-refractivity contribution in [3.8, 4) is 5.88 Å². The van der Waals surface area contributed by atoms with Crippen molar-refractivity contribution in [1.29, 1.82) is 0 Å². The number of piperazine rings is 1. The smallest absolute Gasteiger partial charge is 0.267 e. The van der Waals surface area contributed by atoms with Crippen LogP contribution in [0.3, 0.4) is 0 Å². The number of hydrogen-bond acceptors (Lipinski definition) is 6. The van der Waals surface area contributed by atoms with Gasteiger partial charge in [0.25, 0.3) is 5.91 Å². The summed E-state index contributed by atoms with van der Waals surface area (Å²) in [6, 6.07) is 3.52. The fraction of sp³-hybridized carbons (Fsp3) is 0.647. The molecule has 1 N–H and O–H groups in total. The van der Waals surface area contributed by atoms with Gasteiger partial charge in [-0.2, -0.15) is 0 Å². The molecule has 0 spiro atoms. The van der Waals surface area contributed by atoms with E-state index in [4.69, 9.17) is 9.47 Å². The van der Waals surface area contributed by atoms with Crippen molar-refractivity contribution >= 4 is 5.91 Å². The van der Waals surface area contributed by atoms with Crippen LogP contribution in [0.1, 0.15) is 23.2 Å². The van der Waals surface area contributed by atoms with Gasteiger partial charge in [-0.05, 0) is 31.9 Å². The number of nitrogens with one attached hydrogen (secondary N) is 1. The Labute approximate surface area is 142 Å². The third-order valence-electron chi connectivity index (χ3n) is 4.57. The predicted octanol–water partition coefficient (Wildman–Crippen LogP) is 0.779. The highest BCUT2D eigenvalue weighted by Crippen LogP contribution is 2.16. The summed E-state index contributed by atoms with van der Waals surface area (Å²) in [6.07, 6.45) is 3.64. The first-order valence-corrected chi connectivity index (χ1v) is 8.62. The van der Waals surface area contributed by atoms with Gasteiger partial charge >= 0.3 is 0 Å². The molecular formula is C17H26N4O3. The van der Waals surface area contributed by atoms with E-state index in [0.717, 1.165) is 52.2 Å². The zero-order valence-corrected chi connectivity index (χ0v) is 14.2. The Hall–Kier alpha value is -1.70. The van der Waals surface area contributed by atoms with Crippen LogP contribution in [-0.2, 0) is 4.74 Å². The van der Waals surface area contributed by atoms with Crippen molar-refractivity contribution in [3.05, 3.63) is 23.9 Å². The molecule has 0 bridgehead atoms. The van der Waals surface area contributed by atoms with Gasteiger partial charge in [-0.3, -0.25) is 10.2 Å². The quantitative estimate of drug-likeness (QED) is 0.858. The molecule has 1 aromatic rings. The van der Waals surface area contributed by atoms with E-state index in [1.54, 1.807) is 18.3 Å². The molecule has 2 aliphatic heterocycles. The number of likely N-dealkylation sites (N-methyl/N-ethyl adjacent to an activating group) is 1. The topological polar surface area (TPSA) is 66.9 Å². The van der Waals surface area contributed by atoms with Crippen LogP contribution in [0, 0.1) is 5.92 Å². The molecule has 1 aromatic heterocycles. The number of amides is 1. The summed E-state index contributed by atoms with van der Waals surface area (Å²) < 4.78 is 11.1. The molecule has 1 amide bonds. The molecule has 0 saturated carbocycles. The number of nitrogens with zero attached hydrogens (tertiary/aromatic N) is 3. The van der Waals surface area contributed by atoms with Gasteiger partial charge in [-0.1, -0.05) is 0 Å².